The summed E-state index contributed by atoms with van der Waals surface area (Å²) in [6.07, 6.45) is 40.0. The average molecular weight is 838 g/mol. The fourth-order valence-corrected chi connectivity index (χ4v) is 7.38. The first-order chi connectivity index (χ1) is 28.5. The highest BCUT2D eigenvalue weighted by molar-refractivity contribution is 5.78. The summed E-state index contributed by atoms with van der Waals surface area (Å²) in [6.45, 7) is 8.39. The quantitative estimate of drug-likeness (QED) is 0.0441. The minimum Gasteiger partial charge on any atom is -0.481 e. The molecule has 11 nitrogen and oxygen atoms in total. The third-order valence-electron chi connectivity index (χ3n) is 11.1. The maximum absolute atomic E-state index is 13.2. The third-order valence-corrected chi connectivity index (χ3v) is 11.1. The Hall–Kier alpha value is -2.69. The largest absolute Gasteiger partial charge is 0.481 e. The van der Waals surface area contributed by atoms with E-state index in [4.69, 9.17) is 21.4 Å². The summed E-state index contributed by atoms with van der Waals surface area (Å²) in [7, 11) is 0. The second-order valence-corrected chi connectivity index (χ2v) is 16.9. The molecule has 0 aliphatic carbocycles. The van der Waals surface area contributed by atoms with Crippen LogP contribution in [-0.2, 0) is 24.0 Å². The van der Waals surface area contributed by atoms with Gasteiger partial charge in [0.25, 0.3) is 5.97 Å². The van der Waals surface area contributed by atoms with E-state index in [1.165, 1.54) is 161 Å². The molecule has 0 atom stereocenters. The van der Waals surface area contributed by atoms with Crippen molar-refractivity contribution in [3.8, 4) is 0 Å². The van der Waals surface area contributed by atoms with Gasteiger partial charge in [0.1, 0.15) is 0 Å². The minimum atomic E-state index is -0.833. The van der Waals surface area contributed by atoms with E-state index in [0.29, 0.717) is 52.1 Å². The van der Waals surface area contributed by atoms with Crippen LogP contribution in [0.5, 0.6) is 0 Å². The van der Waals surface area contributed by atoms with Crippen LogP contribution in [-0.4, -0.2) is 83.8 Å². The van der Waals surface area contributed by atoms with E-state index in [9.17, 15) is 19.2 Å². The number of hydrogen-bond donors (Lipinski definition) is 4. The van der Waals surface area contributed by atoms with Gasteiger partial charge >= 0.3 is 0 Å². The first-order valence-electron chi connectivity index (χ1n) is 24.6. The van der Waals surface area contributed by atoms with Gasteiger partial charge in [-0.3, -0.25) is 28.9 Å². The topological polar surface area (TPSA) is 176 Å². The smallest absolute Gasteiger partial charge is 0.300 e. The number of carbonyl (C=O) groups is 5. The van der Waals surface area contributed by atoms with E-state index < -0.39 is 11.9 Å². The molecule has 0 rings (SSSR count). The van der Waals surface area contributed by atoms with Gasteiger partial charge < -0.3 is 26.8 Å². The monoisotopic (exact) mass is 838 g/mol. The number of unbranched alkanes of at least 4 members (excludes halogenated alkanes) is 28. The van der Waals surface area contributed by atoms with Crippen molar-refractivity contribution in [2.75, 3.05) is 39.3 Å². The predicted octanol–water partition coefficient (Wildman–Crippen LogP) is 10.6. The van der Waals surface area contributed by atoms with E-state index in [1.807, 2.05) is 0 Å². The van der Waals surface area contributed by atoms with Crippen molar-refractivity contribution in [1.29, 1.82) is 0 Å². The van der Waals surface area contributed by atoms with Crippen molar-refractivity contribution in [1.82, 2.24) is 15.1 Å². The first kappa shape index (κ1) is 58.4. The van der Waals surface area contributed by atoms with Gasteiger partial charge in [-0.05, 0) is 12.8 Å². The van der Waals surface area contributed by atoms with Crippen LogP contribution in [0.2, 0.25) is 0 Å². The van der Waals surface area contributed by atoms with Gasteiger partial charge in [-0.1, -0.05) is 194 Å². The van der Waals surface area contributed by atoms with Gasteiger partial charge in [0.2, 0.25) is 23.6 Å². The van der Waals surface area contributed by atoms with Crippen LogP contribution >= 0.6 is 0 Å². The molecule has 0 aromatic heterocycles. The maximum Gasteiger partial charge on any atom is 0.300 e. The molecule has 0 bridgehead atoms. The van der Waals surface area contributed by atoms with E-state index in [1.54, 1.807) is 4.90 Å². The Balaban J connectivity index is 0. The third kappa shape index (κ3) is 49.6. The Morgan fingerprint density at radius 3 is 1.10 bits per heavy atom. The predicted molar refractivity (Wildman–Crippen MR) is 246 cm³/mol. The maximum atomic E-state index is 13.2. The van der Waals surface area contributed by atoms with Crippen LogP contribution in [0.4, 0.5) is 0 Å². The lowest BCUT2D eigenvalue weighted by Crippen LogP contribution is -2.43. The van der Waals surface area contributed by atoms with E-state index in [0.717, 1.165) is 39.0 Å². The zero-order valence-corrected chi connectivity index (χ0v) is 38.8. The van der Waals surface area contributed by atoms with Crippen molar-refractivity contribution in [3.05, 3.63) is 0 Å². The number of rotatable bonds is 44. The van der Waals surface area contributed by atoms with Gasteiger partial charge in [-0.2, -0.15) is 0 Å². The lowest BCUT2D eigenvalue weighted by molar-refractivity contribution is -0.134. The van der Waals surface area contributed by atoms with Gasteiger partial charge in [0.05, 0.1) is 0 Å². The number of aliphatic carboxylic acids is 1. The summed E-state index contributed by atoms with van der Waals surface area (Å²) in [5.41, 5.74) is 10.9. The molecule has 0 saturated carbocycles. The Bertz CT molecular complexity index is 993. The molecule has 59 heavy (non-hydrogen) atoms. The van der Waals surface area contributed by atoms with Crippen LogP contribution in [0, 0.1) is 0 Å². The molecule has 0 aromatic carbocycles. The normalized spacial score (nSPS) is 11.0. The standard InChI is InChI=1S/C46H91N5O4.C2H4O2/c1-3-5-7-9-11-13-15-17-19-21-23-25-27-29-31-33-45(54)49-37-40-50(38-35-43(47)52)41-42-51(39-36-44(48)53)46(55)34-32-30-28-26-24-22-20-18-16-14-12-10-8-6-4-2;1-2(3)4/h3-42H2,1-2H3,(H2,47,52)(H2,48,53)(H,49,54);1H3,(H,3,4). The molecule has 11 heteroatoms. The molecule has 0 unspecified atom stereocenters. The van der Waals surface area contributed by atoms with Crippen molar-refractivity contribution in [2.24, 2.45) is 11.5 Å². The van der Waals surface area contributed by atoms with Crippen molar-refractivity contribution in [3.63, 3.8) is 0 Å². The zero-order valence-electron chi connectivity index (χ0n) is 38.8. The minimum absolute atomic E-state index is 0.0441. The lowest BCUT2D eigenvalue weighted by Gasteiger charge is -2.28. The number of carbonyl (C=O) groups excluding carboxylic acids is 4. The highest BCUT2D eigenvalue weighted by Gasteiger charge is 2.17. The number of hydrogen-bond acceptors (Lipinski definition) is 6. The molecule has 0 aliphatic heterocycles. The molecule has 0 heterocycles. The number of amides is 4. The Kier molecular flexibility index (Phi) is 45.9. The van der Waals surface area contributed by atoms with Crippen molar-refractivity contribution < 1.29 is 29.1 Å². The molecule has 348 valence electrons. The zero-order chi connectivity index (χ0) is 44.0. The van der Waals surface area contributed by atoms with Crippen LogP contribution < -0.4 is 16.8 Å². The molecule has 0 spiro atoms. The lowest BCUT2D eigenvalue weighted by atomic mass is 10.0. The van der Waals surface area contributed by atoms with Crippen LogP contribution in [0.25, 0.3) is 0 Å². The van der Waals surface area contributed by atoms with Crippen LogP contribution in [0.15, 0.2) is 0 Å². The fraction of sp³-hybridized carbons (Fsp3) is 0.896. The Morgan fingerprint density at radius 2 is 0.746 bits per heavy atom. The highest BCUT2D eigenvalue weighted by atomic mass is 16.4. The molecule has 0 saturated heterocycles. The molecular weight excluding hydrogens is 743 g/mol. The summed E-state index contributed by atoms with van der Waals surface area (Å²) >= 11 is 0. The second-order valence-electron chi connectivity index (χ2n) is 16.9. The summed E-state index contributed by atoms with van der Waals surface area (Å²) in [5, 5.41) is 10.5. The summed E-state index contributed by atoms with van der Waals surface area (Å²) in [4.78, 5) is 61.6. The van der Waals surface area contributed by atoms with Gasteiger partial charge in [-0.15, -0.1) is 0 Å². The molecule has 6 N–H and O–H groups in total. The number of carboxylic acid groups (broad SMARTS) is 1. The molecule has 4 amide bonds. The van der Waals surface area contributed by atoms with E-state index in [-0.39, 0.29) is 30.6 Å². The fourth-order valence-electron chi connectivity index (χ4n) is 7.38. The highest BCUT2D eigenvalue weighted by Crippen LogP contribution is 2.16. The molecule has 0 aromatic rings. The van der Waals surface area contributed by atoms with Crippen LogP contribution in [0.1, 0.15) is 239 Å². The number of nitrogens with one attached hydrogen (secondary N) is 1. The van der Waals surface area contributed by atoms with E-state index in [2.05, 4.69) is 24.1 Å². The first-order valence-corrected chi connectivity index (χ1v) is 24.6. The van der Waals surface area contributed by atoms with Crippen molar-refractivity contribution >= 4 is 29.6 Å². The molecular formula is C48H95N5O6. The second kappa shape index (κ2) is 46.4. The molecule has 0 aliphatic rings. The van der Waals surface area contributed by atoms with Crippen LogP contribution in [0.3, 0.4) is 0 Å². The summed E-state index contributed by atoms with van der Waals surface area (Å²) < 4.78 is 0. The SMILES string of the molecule is CC(=O)O.CCCCCCCCCCCCCCCCCC(=O)NCCN(CCC(N)=O)CCN(CCC(N)=O)C(=O)CCCCCCCCCCCCCCCCC. The summed E-state index contributed by atoms with van der Waals surface area (Å²) in [5.74, 6) is -1.53. The van der Waals surface area contributed by atoms with Gasteiger partial charge in [0.15, 0.2) is 0 Å². The molecule has 0 radical (unpaired) electrons. The van der Waals surface area contributed by atoms with E-state index >= 15 is 0 Å². The Morgan fingerprint density at radius 1 is 0.424 bits per heavy atom. The van der Waals surface area contributed by atoms with Gasteiger partial charge in [0, 0.05) is 71.9 Å². The average Bonchev–Trinajstić information content (AvgIpc) is 3.19. The van der Waals surface area contributed by atoms with Crippen molar-refractivity contribution in [2.45, 2.75) is 239 Å². The number of primary amides is 2. The van der Waals surface area contributed by atoms with Gasteiger partial charge in [-0.25, -0.2) is 0 Å². The molecule has 0 fully saturated rings. The number of nitrogens with zero attached hydrogens (tertiary/aromatic N) is 2. The Labute approximate surface area is 362 Å². The summed E-state index contributed by atoms with van der Waals surface area (Å²) in [6, 6.07) is 0. The number of carboxylic acids is 1. The number of nitrogens with two attached hydrogens (primary N) is 2.